The van der Waals surface area contributed by atoms with Gasteiger partial charge in [-0.3, -0.25) is 9.88 Å². The summed E-state index contributed by atoms with van der Waals surface area (Å²) in [6.45, 7) is 4.02. The Bertz CT molecular complexity index is 1800. The van der Waals surface area contributed by atoms with Crippen LogP contribution in [-0.4, -0.2) is 82.0 Å². The molecule has 4 aliphatic heterocycles. The molecular formula is C33H32F2N6O2. The van der Waals surface area contributed by atoms with Crippen molar-refractivity contribution in [3.05, 3.63) is 47.9 Å². The Morgan fingerprint density at radius 2 is 2.12 bits per heavy atom. The molecule has 220 valence electrons. The van der Waals surface area contributed by atoms with Crippen molar-refractivity contribution in [3.8, 4) is 35.4 Å². The van der Waals surface area contributed by atoms with Crippen LogP contribution in [0.3, 0.4) is 0 Å². The Labute approximate surface area is 248 Å². The van der Waals surface area contributed by atoms with Gasteiger partial charge in [0.1, 0.15) is 35.6 Å². The van der Waals surface area contributed by atoms with Crippen LogP contribution < -0.4 is 15.0 Å². The number of aromatic hydroxyl groups is 1. The zero-order valence-electron chi connectivity index (χ0n) is 23.7. The van der Waals surface area contributed by atoms with E-state index in [4.69, 9.17) is 16.1 Å². The van der Waals surface area contributed by atoms with E-state index in [0.29, 0.717) is 58.0 Å². The minimum absolute atomic E-state index is 0.0235. The summed E-state index contributed by atoms with van der Waals surface area (Å²) >= 11 is 0. The molecule has 4 saturated heterocycles. The number of halogens is 2. The highest BCUT2D eigenvalue weighted by Gasteiger charge is 2.49. The van der Waals surface area contributed by atoms with Gasteiger partial charge in [-0.15, -0.1) is 6.42 Å². The summed E-state index contributed by atoms with van der Waals surface area (Å²) in [4.78, 5) is 18.3. The fourth-order valence-electron chi connectivity index (χ4n) is 7.90. The molecule has 0 saturated carbocycles. The van der Waals surface area contributed by atoms with E-state index in [-0.39, 0.29) is 35.1 Å². The molecule has 2 N–H and O–H groups in total. The molecule has 0 spiro atoms. The van der Waals surface area contributed by atoms with Crippen molar-refractivity contribution in [3.63, 3.8) is 0 Å². The summed E-state index contributed by atoms with van der Waals surface area (Å²) in [5.41, 5.74) is 0.676. The van der Waals surface area contributed by atoms with Gasteiger partial charge in [0.15, 0.2) is 5.82 Å². The smallest absolute Gasteiger partial charge is 0.319 e. The Kier molecular flexibility index (Phi) is 6.17. The molecule has 4 atom stereocenters. The minimum atomic E-state index is -0.885. The summed E-state index contributed by atoms with van der Waals surface area (Å²) in [5, 5.41) is 15.9. The lowest BCUT2D eigenvalue weighted by atomic mass is 9.95. The van der Waals surface area contributed by atoms with Crippen LogP contribution in [0.4, 0.5) is 14.6 Å². The largest absolute Gasteiger partial charge is 0.508 e. The van der Waals surface area contributed by atoms with Gasteiger partial charge < -0.3 is 20.1 Å². The van der Waals surface area contributed by atoms with Gasteiger partial charge in [0, 0.05) is 54.8 Å². The van der Waals surface area contributed by atoms with E-state index in [2.05, 4.69) is 31.0 Å². The number of terminal acetylenes is 1. The number of hydrogen-bond donors (Lipinski definition) is 2. The monoisotopic (exact) mass is 582 g/mol. The second-order valence-corrected chi connectivity index (χ2v) is 12.4. The second-order valence-electron chi connectivity index (χ2n) is 12.4. The number of anilines is 1. The number of pyridine rings is 1. The lowest BCUT2D eigenvalue weighted by Crippen LogP contribution is -2.43. The molecule has 4 fully saturated rings. The van der Waals surface area contributed by atoms with Crippen molar-refractivity contribution in [2.24, 2.45) is 5.92 Å². The number of benzene rings is 2. The molecule has 8 nitrogen and oxygen atoms in total. The number of ether oxygens (including phenoxy) is 1. The Morgan fingerprint density at radius 3 is 2.98 bits per heavy atom. The molecule has 4 aromatic rings. The average molecular weight is 583 g/mol. The van der Waals surface area contributed by atoms with Gasteiger partial charge in [0.05, 0.1) is 10.9 Å². The minimum Gasteiger partial charge on any atom is -0.508 e. The Balaban J connectivity index is 1.26. The maximum absolute atomic E-state index is 16.7. The second kappa shape index (κ2) is 10.00. The number of phenols is 1. The molecule has 10 heteroatoms. The summed E-state index contributed by atoms with van der Waals surface area (Å²) < 4.78 is 37.4. The third kappa shape index (κ3) is 4.28. The van der Waals surface area contributed by atoms with E-state index in [0.717, 1.165) is 45.4 Å². The molecule has 0 radical (unpaired) electrons. The molecular weight excluding hydrogens is 550 g/mol. The molecule has 0 bridgehead atoms. The number of fused-ring (bicyclic) bond motifs is 4. The first-order chi connectivity index (χ1) is 20.9. The van der Waals surface area contributed by atoms with Crippen molar-refractivity contribution in [1.29, 1.82) is 0 Å². The van der Waals surface area contributed by atoms with Crippen molar-refractivity contribution in [1.82, 2.24) is 25.2 Å². The molecule has 8 rings (SSSR count). The van der Waals surface area contributed by atoms with Gasteiger partial charge in [0.25, 0.3) is 0 Å². The fourth-order valence-corrected chi connectivity index (χ4v) is 7.90. The number of alkyl halides is 1. The van der Waals surface area contributed by atoms with Crippen LogP contribution in [0.25, 0.3) is 32.9 Å². The van der Waals surface area contributed by atoms with Crippen LogP contribution in [-0.2, 0) is 0 Å². The van der Waals surface area contributed by atoms with Crippen molar-refractivity contribution < 1.29 is 18.6 Å². The lowest BCUT2D eigenvalue weighted by molar-refractivity contribution is 0.107. The number of nitrogens with one attached hydrogen (secondary N) is 1. The summed E-state index contributed by atoms with van der Waals surface area (Å²) in [5.74, 6) is 3.07. The summed E-state index contributed by atoms with van der Waals surface area (Å²) in [6, 6.07) is 8.89. The molecule has 2 aromatic carbocycles. The molecule has 6 heterocycles. The topological polar surface area (TPSA) is 86.6 Å². The predicted molar refractivity (Wildman–Crippen MR) is 160 cm³/mol. The quantitative estimate of drug-likeness (QED) is 0.335. The van der Waals surface area contributed by atoms with E-state index in [1.54, 1.807) is 24.4 Å². The molecule has 4 aliphatic rings. The van der Waals surface area contributed by atoms with Gasteiger partial charge in [-0.2, -0.15) is 9.97 Å². The first kappa shape index (κ1) is 26.5. The van der Waals surface area contributed by atoms with E-state index < -0.39 is 12.0 Å². The zero-order chi connectivity index (χ0) is 29.3. The fraction of sp³-hybridized carbons (Fsp3) is 0.424. The zero-order valence-corrected chi connectivity index (χ0v) is 23.7. The van der Waals surface area contributed by atoms with Crippen LogP contribution in [0, 0.1) is 24.1 Å². The van der Waals surface area contributed by atoms with Gasteiger partial charge in [-0.05, 0) is 61.9 Å². The van der Waals surface area contributed by atoms with Crippen LogP contribution in [0.15, 0.2) is 36.5 Å². The maximum Gasteiger partial charge on any atom is 0.319 e. The first-order valence-corrected chi connectivity index (χ1v) is 15.0. The number of aromatic nitrogens is 3. The molecule has 0 amide bonds. The third-order valence-electron chi connectivity index (χ3n) is 9.91. The Morgan fingerprint density at radius 1 is 1.21 bits per heavy atom. The third-order valence-corrected chi connectivity index (χ3v) is 9.91. The number of nitrogens with zero attached hydrogens (tertiary/aromatic N) is 5. The highest BCUT2D eigenvalue weighted by molar-refractivity contribution is 6.02. The highest BCUT2D eigenvalue weighted by Crippen LogP contribution is 2.42. The van der Waals surface area contributed by atoms with Crippen molar-refractivity contribution in [2.75, 3.05) is 44.2 Å². The van der Waals surface area contributed by atoms with Crippen LogP contribution in [0.2, 0.25) is 0 Å². The van der Waals surface area contributed by atoms with E-state index in [1.807, 2.05) is 6.07 Å². The Hall–Kier alpha value is -4.07. The number of rotatable bonds is 5. The van der Waals surface area contributed by atoms with Crippen molar-refractivity contribution >= 4 is 27.5 Å². The van der Waals surface area contributed by atoms with Crippen LogP contribution >= 0.6 is 0 Å². The molecule has 0 aliphatic carbocycles. The van der Waals surface area contributed by atoms with E-state index >= 15 is 4.39 Å². The summed E-state index contributed by atoms with van der Waals surface area (Å²) in [6.07, 6.45) is 9.86. The van der Waals surface area contributed by atoms with Gasteiger partial charge in [-0.1, -0.05) is 18.1 Å². The SMILES string of the molecule is C#Cc1cccc2cc(O)cc(-c3ncc4c(N5CC6CCNC6C5)nc(OC[C@@]56CCCN5C[C@H](F)C6)nc4c3F)c12. The number of hydrogen-bond acceptors (Lipinski definition) is 8. The molecule has 43 heavy (non-hydrogen) atoms. The lowest BCUT2D eigenvalue weighted by Gasteiger charge is -2.31. The van der Waals surface area contributed by atoms with Crippen LogP contribution in [0.5, 0.6) is 11.8 Å². The molecule has 2 unspecified atom stereocenters. The van der Waals surface area contributed by atoms with Crippen molar-refractivity contribution in [2.45, 2.75) is 43.4 Å². The normalized spacial score (nSPS) is 26.7. The summed E-state index contributed by atoms with van der Waals surface area (Å²) in [7, 11) is 0. The first-order valence-electron chi connectivity index (χ1n) is 15.0. The van der Waals surface area contributed by atoms with E-state index in [1.165, 1.54) is 6.07 Å². The maximum atomic E-state index is 16.7. The van der Waals surface area contributed by atoms with Gasteiger partial charge >= 0.3 is 6.01 Å². The highest BCUT2D eigenvalue weighted by atomic mass is 19.1. The predicted octanol–water partition coefficient (Wildman–Crippen LogP) is 4.42. The number of phenolic OH excluding ortho intramolecular Hbond substituents is 1. The van der Waals surface area contributed by atoms with E-state index in [9.17, 15) is 9.50 Å². The van der Waals surface area contributed by atoms with Gasteiger partial charge in [0.2, 0.25) is 0 Å². The van der Waals surface area contributed by atoms with Gasteiger partial charge in [-0.25, -0.2) is 8.78 Å². The standard InChI is InChI=1S/C33H32F2N6O2/c1-2-19-5-3-6-20-11-23(42)12-24(27(19)20)29-28(35)30-25(14-37-29)31(40-15-21-7-9-36-26(21)17-40)39-32(38-30)43-18-33-8-4-10-41(33)16-22(34)13-33/h1,3,5-6,11-12,14,21-22,26,36,42H,4,7-10,13,15-18H2/t21?,22-,26?,33+/m1/s1. The van der Waals surface area contributed by atoms with Crippen LogP contribution in [0.1, 0.15) is 31.2 Å². The molecule has 2 aromatic heterocycles. The average Bonchev–Trinajstić information content (AvgIpc) is 3.76.